The highest BCUT2D eigenvalue weighted by Crippen LogP contribution is 2.14. The quantitative estimate of drug-likeness (QED) is 0.884. The summed E-state index contributed by atoms with van der Waals surface area (Å²) in [5.74, 6) is -1.08. The van der Waals surface area contributed by atoms with Gasteiger partial charge in [0, 0.05) is 7.11 Å². The van der Waals surface area contributed by atoms with Crippen LogP contribution >= 0.6 is 0 Å². The van der Waals surface area contributed by atoms with Crippen molar-refractivity contribution in [3.05, 3.63) is 41.2 Å². The molecule has 1 N–H and O–H groups in total. The molecular formula is C12H13N3O3. The van der Waals surface area contributed by atoms with Crippen LogP contribution in [0.3, 0.4) is 0 Å². The van der Waals surface area contributed by atoms with Gasteiger partial charge in [0.2, 0.25) is 0 Å². The summed E-state index contributed by atoms with van der Waals surface area (Å²) in [6, 6.07) is 7.52. The molecule has 0 aliphatic carbocycles. The van der Waals surface area contributed by atoms with Gasteiger partial charge in [0.05, 0.1) is 18.0 Å². The van der Waals surface area contributed by atoms with Crippen molar-refractivity contribution >= 4 is 5.97 Å². The molecule has 18 heavy (non-hydrogen) atoms. The highest BCUT2D eigenvalue weighted by molar-refractivity contribution is 5.86. The van der Waals surface area contributed by atoms with Crippen molar-refractivity contribution in [1.29, 1.82) is 0 Å². The van der Waals surface area contributed by atoms with Gasteiger partial charge < -0.3 is 9.84 Å². The third-order valence-corrected chi connectivity index (χ3v) is 2.56. The molecule has 0 spiro atoms. The van der Waals surface area contributed by atoms with E-state index in [4.69, 9.17) is 9.84 Å². The van der Waals surface area contributed by atoms with Crippen LogP contribution in [0.15, 0.2) is 24.3 Å². The van der Waals surface area contributed by atoms with E-state index >= 15 is 0 Å². The number of methoxy groups -OCH3 is 1. The number of rotatable bonds is 4. The van der Waals surface area contributed by atoms with Gasteiger partial charge in [0.1, 0.15) is 0 Å². The van der Waals surface area contributed by atoms with Crippen molar-refractivity contribution in [3.63, 3.8) is 0 Å². The fourth-order valence-corrected chi connectivity index (χ4v) is 1.72. The Morgan fingerprint density at radius 3 is 2.89 bits per heavy atom. The molecule has 0 aliphatic heterocycles. The molecule has 1 aromatic heterocycles. The topological polar surface area (TPSA) is 77.2 Å². The standard InChI is InChI=1S/C12H13N3O3/c1-8-11(12(16)17)13-14-15(8)10-5-3-4-9(6-10)7-18-2/h3-6H,7H2,1-2H3,(H,16,17). The molecule has 2 aromatic rings. The van der Waals surface area contributed by atoms with Gasteiger partial charge in [-0.3, -0.25) is 0 Å². The largest absolute Gasteiger partial charge is 0.476 e. The second-order valence-electron chi connectivity index (χ2n) is 3.84. The van der Waals surface area contributed by atoms with Crippen LogP contribution in [-0.2, 0) is 11.3 Å². The van der Waals surface area contributed by atoms with Gasteiger partial charge in [-0.15, -0.1) is 5.10 Å². The molecule has 2 rings (SSSR count). The molecule has 94 valence electrons. The van der Waals surface area contributed by atoms with Gasteiger partial charge in [-0.25, -0.2) is 9.48 Å². The minimum atomic E-state index is -1.08. The number of nitrogens with zero attached hydrogens (tertiary/aromatic N) is 3. The number of benzene rings is 1. The van der Waals surface area contributed by atoms with Crippen molar-refractivity contribution < 1.29 is 14.6 Å². The first kappa shape index (κ1) is 12.3. The van der Waals surface area contributed by atoms with Crippen molar-refractivity contribution in [2.24, 2.45) is 0 Å². The molecule has 0 fully saturated rings. The van der Waals surface area contributed by atoms with E-state index in [0.717, 1.165) is 11.3 Å². The van der Waals surface area contributed by atoms with Crippen LogP contribution in [0.5, 0.6) is 0 Å². The lowest BCUT2D eigenvalue weighted by molar-refractivity contribution is 0.0689. The SMILES string of the molecule is COCc1cccc(-n2nnc(C(=O)O)c2C)c1. The third kappa shape index (κ3) is 2.23. The van der Waals surface area contributed by atoms with Crippen LogP contribution < -0.4 is 0 Å². The Morgan fingerprint density at radius 2 is 2.28 bits per heavy atom. The van der Waals surface area contributed by atoms with Gasteiger partial charge in [-0.2, -0.15) is 0 Å². The first-order valence-electron chi connectivity index (χ1n) is 5.37. The lowest BCUT2D eigenvalue weighted by atomic mass is 10.2. The molecule has 0 amide bonds. The van der Waals surface area contributed by atoms with Crippen LogP contribution in [0.2, 0.25) is 0 Å². The van der Waals surface area contributed by atoms with Crippen LogP contribution in [0.25, 0.3) is 5.69 Å². The first-order valence-corrected chi connectivity index (χ1v) is 5.37. The van der Waals surface area contributed by atoms with E-state index in [2.05, 4.69) is 10.3 Å². The fraction of sp³-hybridized carbons (Fsp3) is 0.250. The number of hydrogen-bond acceptors (Lipinski definition) is 4. The van der Waals surface area contributed by atoms with Gasteiger partial charge in [0.25, 0.3) is 0 Å². The summed E-state index contributed by atoms with van der Waals surface area (Å²) < 4.78 is 6.56. The number of ether oxygens (including phenoxy) is 1. The summed E-state index contributed by atoms with van der Waals surface area (Å²) in [7, 11) is 1.62. The molecule has 0 radical (unpaired) electrons. The summed E-state index contributed by atoms with van der Waals surface area (Å²) in [5.41, 5.74) is 2.22. The van der Waals surface area contributed by atoms with Gasteiger partial charge in [0.15, 0.2) is 5.69 Å². The molecule has 1 heterocycles. The van der Waals surface area contributed by atoms with Crippen LogP contribution in [0, 0.1) is 6.92 Å². The van der Waals surface area contributed by atoms with Gasteiger partial charge >= 0.3 is 5.97 Å². The summed E-state index contributed by atoms with van der Waals surface area (Å²) in [6.07, 6.45) is 0. The molecule has 6 nitrogen and oxygen atoms in total. The zero-order valence-electron chi connectivity index (χ0n) is 10.1. The van der Waals surface area contributed by atoms with E-state index in [9.17, 15) is 4.79 Å². The molecule has 0 saturated carbocycles. The Bertz CT molecular complexity index is 578. The number of carboxylic acid groups (broad SMARTS) is 1. The smallest absolute Gasteiger partial charge is 0.358 e. The van der Waals surface area contributed by atoms with E-state index in [-0.39, 0.29) is 5.69 Å². The van der Waals surface area contributed by atoms with Crippen molar-refractivity contribution in [2.45, 2.75) is 13.5 Å². The summed E-state index contributed by atoms with van der Waals surface area (Å²) >= 11 is 0. The Balaban J connectivity index is 2.42. The molecule has 0 atom stereocenters. The van der Waals surface area contributed by atoms with E-state index < -0.39 is 5.97 Å². The third-order valence-electron chi connectivity index (χ3n) is 2.56. The molecule has 0 aliphatic rings. The lowest BCUT2D eigenvalue weighted by Gasteiger charge is -2.05. The van der Waals surface area contributed by atoms with Crippen LogP contribution in [-0.4, -0.2) is 33.2 Å². The Morgan fingerprint density at radius 1 is 1.50 bits per heavy atom. The minimum Gasteiger partial charge on any atom is -0.476 e. The first-order chi connectivity index (χ1) is 8.63. The fourth-order valence-electron chi connectivity index (χ4n) is 1.72. The predicted octanol–water partition coefficient (Wildman–Crippen LogP) is 1.42. The maximum atomic E-state index is 10.9. The van der Waals surface area contributed by atoms with Crippen molar-refractivity contribution in [2.75, 3.05) is 7.11 Å². The van der Waals surface area contributed by atoms with Crippen molar-refractivity contribution in [1.82, 2.24) is 15.0 Å². The molecule has 0 bridgehead atoms. The Kier molecular flexibility index (Phi) is 3.38. The van der Waals surface area contributed by atoms with E-state index in [1.807, 2.05) is 24.3 Å². The number of hydrogen-bond donors (Lipinski definition) is 1. The number of carbonyl (C=O) groups is 1. The molecular weight excluding hydrogens is 234 g/mol. The zero-order valence-corrected chi connectivity index (χ0v) is 10.1. The maximum absolute atomic E-state index is 10.9. The van der Waals surface area contributed by atoms with Crippen LogP contribution in [0.1, 0.15) is 21.7 Å². The highest BCUT2D eigenvalue weighted by Gasteiger charge is 2.15. The average Bonchev–Trinajstić information content (AvgIpc) is 2.72. The van der Waals surface area contributed by atoms with Crippen LogP contribution in [0.4, 0.5) is 0 Å². The number of aromatic nitrogens is 3. The Labute approximate surface area is 104 Å². The summed E-state index contributed by atoms with van der Waals surface area (Å²) in [5, 5.41) is 16.4. The summed E-state index contributed by atoms with van der Waals surface area (Å²) in [4.78, 5) is 10.9. The molecule has 1 aromatic carbocycles. The highest BCUT2D eigenvalue weighted by atomic mass is 16.5. The second-order valence-corrected chi connectivity index (χ2v) is 3.84. The molecule has 6 heteroatoms. The Hall–Kier alpha value is -2.21. The van der Waals surface area contributed by atoms with E-state index in [1.165, 1.54) is 4.68 Å². The number of aromatic carboxylic acids is 1. The zero-order chi connectivity index (χ0) is 13.1. The predicted molar refractivity (Wildman–Crippen MR) is 63.8 cm³/mol. The maximum Gasteiger partial charge on any atom is 0.358 e. The monoisotopic (exact) mass is 247 g/mol. The average molecular weight is 247 g/mol. The van der Waals surface area contributed by atoms with Gasteiger partial charge in [-0.05, 0) is 24.6 Å². The normalized spacial score (nSPS) is 10.6. The van der Waals surface area contributed by atoms with Crippen molar-refractivity contribution in [3.8, 4) is 5.69 Å². The minimum absolute atomic E-state index is 0.0351. The molecule has 0 unspecified atom stereocenters. The second kappa shape index (κ2) is 4.97. The van der Waals surface area contributed by atoms with E-state index in [1.54, 1.807) is 14.0 Å². The van der Waals surface area contributed by atoms with Gasteiger partial charge in [-0.1, -0.05) is 17.3 Å². The summed E-state index contributed by atoms with van der Waals surface area (Å²) in [6.45, 7) is 2.17. The lowest BCUT2D eigenvalue weighted by Crippen LogP contribution is -2.03. The number of carboxylic acids is 1. The van der Waals surface area contributed by atoms with E-state index in [0.29, 0.717) is 12.3 Å². The molecule has 0 saturated heterocycles.